The molecule has 0 amide bonds. The highest BCUT2D eigenvalue weighted by molar-refractivity contribution is 6.30. The van der Waals surface area contributed by atoms with E-state index in [-0.39, 0.29) is 12.9 Å². The fourth-order valence-electron chi connectivity index (χ4n) is 2.82. The summed E-state index contributed by atoms with van der Waals surface area (Å²) >= 11 is 5.77. The Bertz CT molecular complexity index is 972. The van der Waals surface area contributed by atoms with Gasteiger partial charge in [0.2, 0.25) is 0 Å². The third-order valence-corrected chi connectivity index (χ3v) is 4.63. The molecule has 0 aromatic heterocycles. The van der Waals surface area contributed by atoms with Crippen molar-refractivity contribution in [1.29, 1.82) is 0 Å². The van der Waals surface area contributed by atoms with Gasteiger partial charge in [0.25, 0.3) is 0 Å². The first kappa shape index (κ1) is 18.9. The number of halogens is 3. The van der Waals surface area contributed by atoms with Crippen molar-refractivity contribution in [3.63, 3.8) is 0 Å². The summed E-state index contributed by atoms with van der Waals surface area (Å²) < 4.78 is 44.6. The van der Waals surface area contributed by atoms with E-state index in [4.69, 9.17) is 25.8 Å². The maximum Gasteiger partial charge on any atom is 0.189 e. The first-order valence-corrected chi connectivity index (χ1v) is 9.15. The van der Waals surface area contributed by atoms with Crippen LogP contribution in [-0.4, -0.2) is 26.1 Å². The Kier molecular flexibility index (Phi) is 5.57. The van der Waals surface area contributed by atoms with Gasteiger partial charge in [-0.05, 0) is 47.5 Å². The second kappa shape index (κ2) is 8.27. The van der Waals surface area contributed by atoms with Crippen LogP contribution in [0.2, 0.25) is 5.02 Å². The van der Waals surface area contributed by atoms with Gasteiger partial charge in [0.15, 0.2) is 6.79 Å². The molecule has 0 radical (unpaired) electrons. The second-order valence-electron chi connectivity index (χ2n) is 6.43. The van der Waals surface area contributed by atoms with Crippen molar-refractivity contribution in [2.75, 3.05) is 20.0 Å². The van der Waals surface area contributed by atoms with Crippen LogP contribution in [0.5, 0.6) is 5.75 Å². The van der Waals surface area contributed by atoms with Gasteiger partial charge in [0.05, 0.1) is 13.2 Å². The molecule has 3 nitrogen and oxygen atoms in total. The van der Waals surface area contributed by atoms with Gasteiger partial charge in [-0.3, -0.25) is 0 Å². The van der Waals surface area contributed by atoms with Gasteiger partial charge < -0.3 is 14.2 Å². The molecular formula is C22H17ClF2O3. The predicted octanol–water partition coefficient (Wildman–Crippen LogP) is 5.70. The van der Waals surface area contributed by atoms with Gasteiger partial charge >= 0.3 is 0 Å². The van der Waals surface area contributed by atoms with Crippen molar-refractivity contribution in [2.24, 2.45) is 0 Å². The van der Waals surface area contributed by atoms with Crippen molar-refractivity contribution in [3.8, 4) is 28.0 Å². The fourth-order valence-corrected chi connectivity index (χ4v) is 2.98. The van der Waals surface area contributed by atoms with Gasteiger partial charge in [0.1, 0.15) is 23.5 Å². The van der Waals surface area contributed by atoms with Crippen LogP contribution >= 0.6 is 11.6 Å². The maximum atomic E-state index is 14.7. The zero-order valence-electron chi connectivity index (χ0n) is 14.8. The molecule has 4 rings (SSSR count). The van der Waals surface area contributed by atoms with E-state index in [1.54, 1.807) is 42.5 Å². The molecule has 1 fully saturated rings. The summed E-state index contributed by atoms with van der Waals surface area (Å²) in [5.41, 5.74) is 1.87. The van der Waals surface area contributed by atoms with E-state index in [0.717, 1.165) is 6.61 Å². The number of hydrogen-bond acceptors (Lipinski definition) is 3. The quantitative estimate of drug-likeness (QED) is 0.288. The Morgan fingerprint density at radius 1 is 0.893 bits per heavy atom. The first-order chi connectivity index (χ1) is 13.6. The van der Waals surface area contributed by atoms with Gasteiger partial charge in [-0.2, -0.15) is 0 Å². The van der Waals surface area contributed by atoms with E-state index in [2.05, 4.69) is 0 Å². The molecule has 0 N–H and O–H groups in total. The highest BCUT2D eigenvalue weighted by atomic mass is 35.5. The van der Waals surface area contributed by atoms with Crippen LogP contribution < -0.4 is 4.74 Å². The summed E-state index contributed by atoms with van der Waals surface area (Å²) in [5, 5.41) is 0.298. The SMILES string of the molecule is Fc1cc(Cl)ccc1-c1ccc(-c2ccc(OCOCC3CO3)cc2)c(F)c1. The van der Waals surface area contributed by atoms with E-state index in [1.807, 2.05) is 0 Å². The lowest BCUT2D eigenvalue weighted by Crippen LogP contribution is -2.07. The monoisotopic (exact) mass is 402 g/mol. The van der Waals surface area contributed by atoms with Crippen molar-refractivity contribution < 1.29 is 23.0 Å². The molecule has 0 aliphatic carbocycles. The third-order valence-electron chi connectivity index (χ3n) is 4.39. The highest BCUT2D eigenvalue weighted by Crippen LogP contribution is 2.31. The summed E-state index contributed by atoms with van der Waals surface area (Å²) in [6.07, 6.45) is 0.193. The van der Waals surface area contributed by atoms with Crippen LogP contribution in [0.3, 0.4) is 0 Å². The molecule has 0 bridgehead atoms. The fraction of sp³-hybridized carbons (Fsp3) is 0.182. The Morgan fingerprint density at radius 2 is 1.54 bits per heavy atom. The zero-order valence-corrected chi connectivity index (χ0v) is 15.6. The average Bonchev–Trinajstić information content (AvgIpc) is 3.50. The molecule has 3 aromatic carbocycles. The lowest BCUT2D eigenvalue weighted by Gasteiger charge is -2.10. The molecule has 1 saturated heterocycles. The molecular weight excluding hydrogens is 386 g/mol. The van der Waals surface area contributed by atoms with E-state index >= 15 is 0 Å². The second-order valence-corrected chi connectivity index (χ2v) is 6.87. The molecule has 1 aliphatic rings. The first-order valence-electron chi connectivity index (χ1n) is 8.78. The molecule has 1 atom stereocenters. The van der Waals surface area contributed by atoms with E-state index in [0.29, 0.717) is 39.6 Å². The number of rotatable bonds is 7. The van der Waals surface area contributed by atoms with Crippen LogP contribution in [-0.2, 0) is 9.47 Å². The van der Waals surface area contributed by atoms with Gasteiger partial charge in [0, 0.05) is 16.1 Å². The van der Waals surface area contributed by atoms with Gasteiger partial charge in [-0.1, -0.05) is 35.9 Å². The number of epoxide rings is 1. The molecule has 0 spiro atoms. The highest BCUT2D eigenvalue weighted by Gasteiger charge is 2.22. The molecule has 6 heteroatoms. The minimum atomic E-state index is -0.489. The van der Waals surface area contributed by atoms with Crippen molar-refractivity contribution in [2.45, 2.75) is 6.10 Å². The summed E-state index contributed by atoms with van der Waals surface area (Å²) in [6, 6.07) is 16.0. The molecule has 28 heavy (non-hydrogen) atoms. The number of benzene rings is 3. The standard InChI is InChI=1S/C22H17ClF2O3/c23-16-4-8-20(22(25)10-16)15-3-7-19(21(24)9-15)14-1-5-17(6-2-14)28-13-26-11-18-12-27-18/h1-10,18H,11-13H2. The third kappa shape index (κ3) is 4.50. The summed E-state index contributed by atoms with van der Waals surface area (Å²) in [7, 11) is 0. The van der Waals surface area contributed by atoms with E-state index in [1.165, 1.54) is 18.2 Å². The molecule has 144 valence electrons. The van der Waals surface area contributed by atoms with Crippen LogP contribution in [0.25, 0.3) is 22.3 Å². The van der Waals surface area contributed by atoms with Crippen molar-refractivity contribution in [3.05, 3.63) is 77.3 Å². The Labute approximate surface area is 166 Å². The Morgan fingerprint density at radius 3 is 2.21 bits per heavy atom. The summed E-state index contributed by atoms with van der Waals surface area (Å²) in [6.45, 7) is 1.39. The largest absolute Gasteiger partial charge is 0.468 e. The molecule has 3 aromatic rings. The van der Waals surface area contributed by atoms with Crippen LogP contribution in [0.1, 0.15) is 0 Å². The molecule has 0 saturated carbocycles. The van der Waals surface area contributed by atoms with Gasteiger partial charge in [-0.25, -0.2) is 8.78 Å². The zero-order chi connectivity index (χ0) is 19.5. The van der Waals surface area contributed by atoms with Crippen molar-refractivity contribution in [1.82, 2.24) is 0 Å². The molecule has 1 aliphatic heterocycles. The number of hydrogen-bond donors (Lipinski definition) is 0. The van der Waals surface area contributed by atoms with Gasteiger partial charge in [-0.15, -0.1) is 0 Å². The van der Waals surface area contributed by atoms with Crippen LogP contribution in [0.15, 0.2) is 60.7 Å². The summed E-state index contributed by atoms with van der Waals surface area (Å²) in [4.78, 5) is 0. The number of ether oxygens (including phenoxy) is 3. The Balaban J connectivity index is 1.46. The minimum absolute atomic E-state index is 0.134. The summed E-state index contributed by atoms with van der Waals surface area (Å²) in [5.74, 6) is -0.300. The van der Waals surface area contributed by atoms with Crippen LogP contribution in [0, 0.1) is 11.6 Å². The Hall–Kier alpha value is -2.47. The lowest BCUT2D eigenvalue weighted by molar-refractivity contribution is 0.00822. The molecule has 1 unspecified atom stereocenters. The smallest absolute Gasteiger partial charge is 0.189 e. The van der Waals surface area contributed by atoms with E-state index in [9.17, 15) is 8.78 Å². The topological polar surface area (TPSA) is 31.0 Å². The maximum absolute atomic E-state index is 14.7. The normalized spacial score (nSPS) is 15.5. The predicted molar refractivity (Wildman–Crippen MR) is 103 cm³/mol. The van der Waals surface area contributed by atoms with E-state index < -0.39 is 11.6 Å². The van der Waals surface area contributed by atoms with Crippen molar-refractivity contribution >= 4 is 11.6 Å². The lowest BCUT2D eigenvalue weighted by atomic mass is 9.99. The average molecular weight is 403 g/mol. The molecule has 1 heterocycles. The minimum Gasteiger partial charge on any atom is -0.468 e. The van der Waals surface area contributed by atoms with Crippen LogP contribution in [0.4, 0.5) is 8.78 Å².